The highest BCUT2D eigenvalue weighted by molar-refractivity contribution is 5.88. The van der Waals surface area contributed by atoms with Gasteiger partial charge in [-0.15, -0.1) is 0 Å². The molecule has 3 N–H and O–H groups in total. The third kappa shape index (κ3) is 4.20. The lowest BCUT2D eigenvalue weighted by atomic mass is 9.73. The summed E-state index contributed by atoms with van der Waals surface area (Å²) in [6.07, 6.45) is 4.02. The Morgan fingerprint density at radius 3 is 2.53 bits per heavy atom. The standard InChI is InChI=1S/C23H24N4O3/c28-19-9-5-4-8-18(19)12-21(29)27-15-23(16-27,13-17-6-2-1-3-7-17)22(30)26-14-20-24-10-11-25-20/h1-11,28H,12-16H2,(H,24,25)(H,26,30). The molecule has 1 fully saturated rings. The number of carbonyl (C=O) groups is 2. The zero-order valence-corrected chi connectivity index (χ0v) is 16.5. The van der Waals surface area contributed by atoms with Crippen molar-refractivity contribution in [3.05, 3.63) is 83.9 Å². The molecule has 1 saturated heterocycles. The third-order valence-corrected chi connectivity index (χ3v) is 5.51. The fraction of sp³-hybridized carbons (Fsp3) is 0.261. The molecule has 1 aliphatic rings. The van der Waals surface area contributed by atoms with E-state index in [4.69, 9.17) is 0 Å². The van der Waals surface area contributed by atoms with Crippen LogP contribution in [-0.2, 0) is 29.0 Å². The predicted octanol–water partition coefficient (Wildman–Crippen LogP) is 2.05. The van der Waals surface area contributed by atoms with Gasteiger partial charge >= 0.3 is 0 Å². The number of imidazole rings is 1. The number of hydrogen-bond donors (Lipinski definition) is 3. The first-order chi connectivity index (χ1) is 14.6. The van der Waals surface area contributed by atoms with Crippen molar-refractivity contribution in [2.75, 3.05) is 13.1 Å². The van der Waals surface area contributed by atoms with E-state index in [9.17, 15) is 14.7 Å². The highest BCUT2D eigenvalue weighted by Gasteiger charge is 2.50. The number of nitrogens with zero attached hydrogens (tertiary/aromatic N) is 2. The van der Waals surface area contributed by atoms with Gasteiger partial charge in [-0.25, -0.2) is 4.98 Å². The van der Waals surface area contributed by atoms with Crippen molar-refractivity contribution in [1.82, 2.24) is 20.2 Å². The number of likely N-dealkylation sites (tertiary alicyclic amines) is 1. The molecular weight excluding hydrogens is 380 g/mol. The SMILES string of the molecule is O=C(Cc1ccccc1O)N1CC(Cc2ccccc2)(C(=O)NCc2ncc[nH]2)C1. The summed E-state index contributed by atoms with van der Waals surface area (Å²) in [6, 6.07) is 16.6. The average Bonchev–Trinajstić information content (AvgIpc) is 3.24. The molecule has 0 radical (unpaired) electrons. The lowest BCUT2D eigenvalue weighted by Gasteiger charge is -2.49. The molecule has 4 rings (SSSR count). The van der Waals surface area contributed by atoms with Crippen LogP contribution < -0.4 is 5.32 Å². The molecular formula is C23H24N4O3. The van der Waals surface area contributed by atoms with Gasteiger partial charge in [0.2, 0.25) is 11.8 Å². The fourth-order valence-corrected chi connectivity index (χ4v) is 3.86. The number of nitrogens with one attached hydrogen (secondary N) is 2. The number of phenols is 1. The van der Waals surface area contributed by atoms with Crippen molar-refractivity contribution >= 4 is 11.8 Å². The molecule has 0 saturated carbocycles. The number of carbonyl (C=O) groups excluding carboxylic acids is 2. The molecule has 7 heteroatoms. The summed E-state index contributed by atoms with van der Waals surface area (Å²) in [4.78, 5) is 34.6. The molecule has 154 valence electrons. The van der Waals surface area contributed by atoms with Crippen LogP contribution in [0.15, 0.2) is 67.0 Å². The lowest BCUT2D eigenvalue weighted by Crippen LogP contribution is -2.65. The number of hydrogen-bond acceptors (Lipinski definition) is 4. The number of aromatic nitrogens is 2. The number of aromatic hydroxyl groups is 1. The summed E-state index contributed by atoms with van der Waals surface area (Å²) in [6.45, 7) is 1.00. The maximum Gasteiger partial charge on any atom is 0.230 e. The number of phenolic OH excluding ortho intramolecular Hbond substituents is 1. The summed E-state index contributed by atoms with van der Waals surface area (Å²) >= 11 is 0. The minimum absolute atomic E-state index is 0.0886. The first-order valence-corrected chi connectivity index (χ1v) is 9.91. The molecule has 0 aliphatic carbocycles. The summed E-state index contributed by atoms with van der Waals surface area (Å²) in [5.74, 6) is 0.608. The van der Waals surface area contributed by atoms with E-state index in [1.165, 1.54) is 0 Å². The molecule has 0 atom stereocenters. The average molecular weight is 404 g/mol. The third-order valence-electron chi connectivity index (χ3n) is 5.51. The minimum atomic E-state index is -0.678. The minimum Gasteiger partial charge on any atom is -0.508 e. The smallest absolute Gasteiger partial charge is 0.230 e. The van der Waals surface area contributed by atoms with Crippen molar-refractivity contribution in [1.29, 1.82) is 0 Å². The first-order valence-electron chi connectivity index (χ1n) is 9.91. The van der Waals surface area contributed by atoms with Gasteiger partial charge in [0.15, 0.2) is 0 Å². The molecule has 0 unspecified atom stereocenters. The first kappa shape index (κ1) is 19.7. The van der Waals surface area contributed by atoms with Gasteiger partial charge in [0.05, 0.1) is 18.4 Å². The molecule has 2 aromatic carbocycles. The van der Waals surface area contributed by atoms with Gasteiger partial charge in [0, 0.05) is 31.0 Å². The van der Waals surface area contributed by atoms with E-state index >= 15 is 0 Å². The van der Waals surface area contributed by atoms with E-state index in [2.05, 4.69) is 15.3 Å². The summed E-state index contributed by atoms with van der Waals surface area (Å²) < 4.78 is 0. The molecule has 7 nitrogen and oxygen atoms in total. The van der Waals surface area contributed by atoms with E-state index in [-0.39, 0.29) is 24.0 Å². The predicted molar refractivity (Wildman–Crippen MR) is 111 cm³/mol. The van der Waals surface area contributed by atoms with Crippen molar-refractivity contribution in [3.63, 3.8) is 0 Å². The van der Waals surface area contributed by atoms with Crippen LogP contribution in [0.1, 0.15) is 17.0 Å². The molecule has 1 aromatic heterocycles. The van der Waals surface area contributed by atoms with E-state index < -0.39 is 5.41 Å². The van der Waals surface area contributed by atoms with Crippen LogP contribution in [0.25, 0.3) is 0 Å². The second-order valence-electron chi connectivity index (χ2n) is 7.72. The van der Waals surface area contributed by atoms with E-state index in [0.717, 1.165) is 5.56 Å². The van der Waals surface area contributed by atoms with Gasteiger partial charge in [-0.2, -0.15) is 0 Å². The number of rotatable bonds is 7. The zero-order valence-electron chi connectivity index (χ0n) is 16.5. The number of H-pyrrole nitrogens is 1. The molecule has 30 heavy (non-hydrogen) atoms. The topological polar surface area (TPSA) is 98.3 Å². The lowest BCUT2D eigenvalue weighted by molar-refractivity contribution is -0.153. The van der Waals surface area contributed by atoms with Gasteiger partial charge in [-0.3, -0.25) is 9.59 Å². The molecule has 2 heterocycles. The highest BCUT2D eigenvalue weighted by Crippen LogP contribution is 2.35. The monoisotopic (exact) mass is 404 g/mol. The van der Waals surface area contributed by atoms with Crippen molar-refractivity contribution in [2.24, 2.45) is 5.41 Å². The summed E-state index contributed by atoms with van der Waals surface area (Å²) in [5.41, 5.74) is 0.964. The van der Waals surface area contributed by atoms with Gasteiger partial charge in [0.25, 0.3) is 0 Å². The number of aromatic amines is 1. The maximum atomic E-state index is 13.1. The van der Waals surface area contributed by atoms with Gasteiger partial charge < -0.3 is 20.3 Å². The normalized spacial score (nSPS) is 14.7. The Balaban J connectivity index is 1.45. The van der Waals surface area contributed by atoms with Crippen LogP contribution in [0, 0.1) is 5.41 Å². The van der Waals surface area contributed by atoms with Crippen LogP contribution in [0.5, 0.6) is 5.75 Å². The molecule has 0 bridgehead atoms. The van der Waals surface area contributed by atoms with Crippen molar-refractivity contribution in [3.8, 4) is 5.75 Å². The van der Waals surface area contributed by atoms with Crippen LogP contribution in [0.2, 0.25) is 0 Å². The van der Waals surface area contributed by atoms with Crippen LogP contribution in [0.4, 0.5) is 0 Å². The van der Waals surface area contributed by atoms with E-state index in [0.29, 0.717) is 37.4 Å². The number of benzene rings is 2. The number of para-hydroxylation sites is 1. The van der Waals surface area contributed by atoms with Gasteiger partial charge in [-0.1, -0.05) is 48.5 Å². The Morgan fingerprint density at radius 1 is 1.10 bits per heavy atom. The van der Waals surface area contributed by atoms with Crippen LogP contribution >= 0.6 is 0 Å². The van der Waals surface area contributed by atoms with Gasteiger partial charge in [-0.05, 0) is 18.1 Å². The summed E-state index contributed by atoms with van der Waals surface area (Å²) in [7, 11) is 0. The quantitative estimate of drug-likeness (QED) is 0.561. The molecule has 0 spiro atoms. The van der Waals surface area contributed by atoms with Crippen LogP contribution in [-0.4, -0.2) is 44.9 Å². The number of amides is 2. The Labute approximate surface area is 174 Å². The second kappa shape index (κ2) is 8.41. The van der Waals surface area contributed by atoms with E-state index in [1.54, 1.807) is 41.6 Å². The molecule has 2 amide bonds. The zero-order chi connectivity index (χ0) is 21.0. The Bertz CT molecular complexity index is 1010. The maximum absolute atomic E-state index is 13.1. The van der Waals surface area contributed by atoms with Gasteiger partial charge in [0.1, 0.15) is 11.6 Å². The highest BCUT2D eigenvalue weighted by atomic mass is 16.3. The Hall–Kier alpha value is -3.61. The Kier molecular flexibility index (Phi) is 5.52. The van der Waals surface area contributed by atoms with E-state index in [1.807, 2.05) is 30.3 Å². The second-order valence-corrected chi connectivity index (χ2v) is 7.72. The summed E-state index contributed by atoms with van der Waals surface area (Å²) in [5, 5.41) is 12.9. The largest absolute Gasteiger partial charge is 0.508 e. The Morgan fingerprint density at radius 2 is 1.83 bits per heavy atom. The molecule has 1 aliphatic heterocycles. The van der Waals surface area contributed by atoms with Crippen molar-refractivity contribution in [2.45, 2.75) is 19.4 Å². The van der Waals surface area contributed by atoms with Crippen LogP contribution in [0.3, 0.4) is 0 Å². The molecule has 3 aromatic rings. The van der Waals surface area contributed by atoms with Crippen molar-refractivity contribution < 1.29 is 14.7 Å². The fourth-order valence-electron chi connectivity index (χ4n) is 3.86.